The molecule has 0 aliphatic carbocycles. The van der Waals surface area contributed by atoms with E-state index in [2.05, 4.69) is 15.3 Å². The zero-order valence-electron chi connectivity index (χ0n) is 20.5. The van der Waals surface area contributed by atoms with Crippen LogP contribution in [0.5, 0.6) is 11.5 Å². The van der Waals surface area contributed by atoms with Gasteiger partial charge in [-0.05, 0) is 71.6 Å². The number of phenols is 1. The number of methoxy groups -OCH3 is 1. The first-order valence-electron chi connectivity index (χ1n) is 12.0. The number of aromatic amines is 1. The van der Waals surface area contributed by atoms with Crippen molar-refractivity contribution < 1.29 is 23.4 Å². The second kappa shape index (κ2) is 10.7. The van der Waals surface area contributed by atoms with Gasteiger partial charge in [0.1, 0.15) is 23.1 Å². The topological polar surface area (TPSA) is 87.2 Å². The molecule has 0 saturated heterocycles. The number of phenolic OH excluding ortho intramolecular Hbond substituents is 1. The Kier molecular flexibility index (Phi) is 7.04. The highest BCUT2D eigenvalue weighted by Crippen LogP contribution is 2.31. The lowest BCUT2D eigenvalue weighted by atomic mass is 9.95. The first-order valence-corrected chi connectivity index (χ1v) is 12.0. The molecule has 0 bridgehead atoms. The summed E-state index contributed by atoms with van der Waals surface area (Å²) in [6.45, 7) is 0. The fourth-order valence-electron chi connectivity index (χ4n) is 4.62. The molecule has 2 heterocycles. The third-order valence-corrected chi connectivity index (χ3v) is 6.37. The minimum atomic E-state index is -0.694. The van der Waals surface area contributed by atoms with E-state index in [0.717, 1.165) is 28.1 Å². The number of carbonyl (C=O) groups is 1. The van der Waals surface area contributed by atoms with E-state index in [-0.39, 0.29) is 24.5 Å². The van der Waals surface area contributed by atoms with E-state index in [4.69, 9.17) is 4.74 Å². The molecule has 1 amide bonds. The number of benzene rings is 3. The van der Waals surface area contributed by atoms with Gasteiger partial charge in [-0.25, -0.2) is 8.78 Å². The van der Waals surface area contributed by atoms with Crippen LogP contribution in [0.25, 0.3) is 22.0 Å². The lowest BCUT2D eigenvalue weighted by Gasteiger charge is -2.22. The average Bonchev–Trinajstić information content (AvgIpc) is 3.29. The molecule has 5 aromatic rings. The second-order valence-corrected chi connectivity index (χ2v) is 8.99. The molecular weight excluding hydrogens is 488 g/mol. The molecule has 0 spiro atoms. The van der Waals surface area contributed by atoms with Crippen LogP contribution in [0.1, 0.15) is 22.9 Å². The Hall–Kier alpha value is -4.72. The summed E-state index contributed by atoms with van der Waals surface area (Å²) in [6.07, 6.45) is 3.50. The quantitative estimate of drug-likeness (QED) is 0.242. The van der Waals surface area contributed by atoms with Crippen molar-refractivity contribution in [1.29, 1.82) is 0 Å². The Balaban J connectivity index is 1.49. The van der Waals surface area contributed by atoms with Crippen molar-refractivity contribution in [1.82, 2.24) is 15.3 Å². The van der Waals surface area contributed by atoms with Crippen molar-refractivity contribution in [3.8, 4) is 22.6 Å². The standard InChI is InChI=1S/C30H25F2N3O3/c1-38-24-7-4-19(5-8-24)25-3-2-10-33-30(25)28(13-18-11-21(31)15-22(32)12-18)35-29(37)14-20-17-34-27-9-6-23(36)16-26(20)27/h2-12,15-17,28,34,36H,13-14H2,1H3,(H,35,37). The summed E-state index contributed by atoms with van der Waals surface area (Å²) in [5.41, 5.74) is 4.08. The molecule has 0 aliphatic heterocycles. The van der Waals surface area contributed by atoms with Crippen LogP contribution in [0.4, 0.5) is 8.78 Å². The molecule has 1 atom stereocenters. The smallest absolute Gasteiger partial charge is 0.225 e. The molecule has 38 heavy (non-hydrogen) atoms. The first-order chi connectivity index (χ1) is 18.4. The molecule has 6 nitrogen and oxygen atoms in total. The summed E-state index contributed by atoms with van der Waals surface area (Å²) < 4.78 is 33.3. The first kappa shape index (κ1) is 25.0. The predicted molar refractivity (Wildman–Crippen MR) is 141 cm³/mol. The van der Waals surface area contributed by atoms with Gasteiger partial charge in [0.15, 0.2) is 0 Å². The van der Waals surface area contributed by atoms with Gasteiger partial charge in [-0.2, -0.15) is 0 Å². The Morgan fingerprint density at radius 2 is 1.82 bits per heavy atom. The monoisotopic (exact) mass is 513 g/mol. The Bertz CT molecular complexity index is 1580. The number of carbonyl (C=O) groups excluding carboxylic acids is 1. The molecule has 3 aromatic carbocycles. The second-order valence-electron chi connectivity index (χ2n) is 8.99. The molecule has 0 radical (unpaired) electrons. The van der Waals surface area contributed by atoms with Gasteiger partial charge in [-0.3, -0.25) is 9.78 Å². The molecule has 0 saturated carbocycles. The largest absolute Gasteiger partial charge is 0.508 e. The van der Waals surface area contributed by atoms with E-state index in [9.17, 15) is 18.7 Å². The van der Waals surface area contributed by atoms with Crippen LogP contribution in [0.3, 0.4) is 0 Å². The molecule has 192 valence electrons. The van der Waals surface area contributed by atoms with E-state index >= 15 is 0 Å². The van der Waals surface area contributed by atoms with E-state index in [1.165, 1.54) is 12.1 Å². The van der Waals surface area contributed by atoms with Crippen molar-refractivity contribution in [3.05, 3.63) is 114 Å². The molecule has 0 fully saturated rings. The lowest BCUT2D eigenvalue weighted by Crippen LogP contribution is -2.32. The number of halogens is 2. The minimum absolute atomic E-state index is 0.0299. The number of hydrogen-bond acceptors (Lipinski definition) is 4. The fraction of sp³-hybridized carbons (Fsp3) is 0.133. The van der Waals surface area contributed by atoms with Gasteiger partial charge in [0.25, 0.3) is 0 Å². The van der Waals surface area contributed by atoms with E-state index in [1.807, 2.05) is 30.3 Å². The van der Waals surface area contributed by atoms with Crippen molar-refractivity contribution in [2.24, 2.45) is 0 Å². The number of H-pyrrole nitrogens is 1. The summed E-state index contributed by atoms with van der Waals surface area (Å²) in [7, 11) is 1.59. The summed E-state index contributed by atoms with van der Waals surface area (Å²) in [6, 6.07) is 18.7. The highest BCUT2D eigenvalue weighted by molar-refractivity contribution is 5.90. The maximum atomic E-state index is 14.0. The molecule has 8 heteroatoms. The van der Waals surface area contributed by atoms with Gasteiger partial charge < -0.3 is 20.1 Å². The van der Waals surface area contributed by atoms with Crippen molar-refractivity contribution in [3.63, 3.8) is 0 Å². The van der Waals surface area contributed by atoms with Crippen LogP contribution in [-0.2, 0) is 17.6 Å². The van der Waals surface area contributed by atoms with Crippen molar-refractivity contribution in [2.45, 2.75) is 18.9 Å². The highest BCUT2D eigenvalue weighted by Gasteiger charge is 2.22. The predicted octanol–water partition coefficient (Wildman–Crippen LogP) is 5.87. The lowest BCUT2D eigenvalue weighted by molar-refractivity contribution is -0.121. The number of pyridine rings is 1. The SMILES string of the molecule is COc1ccc(-c2cccnc2C(Cc2cc(F)cc(F)c2)NC(=O)Cc2c[nH]c3ccc(O)cc23)cc1. The number of ether oxygens (including phenoxy) is 1. The highest BCUT2D eigenvalue weighted by atomic mass is 19.1. The maximum Gasteiger partial charge on any atom is 0.225 e. The normalized spacial score (nSPS) is 11.9. The number of amides is 1. The van der Waals surface area contributed by atoms with E-state index in [1.54, 1.807) is 43.8 Å². The van der Waals surface area contributed by atoms with Crippen LogP contribution < -0.4 is 10.1 Å². The number of aromatic nitrogens is 2. The summed E-state index contributed by atoms with van der Waals surface area (Å²) in [5.74, 6) is -0.894. The molecule has 2 aromatic heterocycles. The number of fused-ring (bicyclic) bond motifs is 1. The Morgan fingerprint density at radius 3 is 2.55 bits per heavy atom. The van der Waals surface area contributed by atoms with Gasteiger partial charge in [0.05, 0.1) is 25.3 Å². The maximum absolute atomic E-state index is 14.0. The van der Waals surface area contributed by atoms with Crippen LogP contribution >= 0.6 is 0 Å². The molecule has 0 aliphatic rings. The Labute approximate surface area is 217 Å². The Morgan fingerprint density at radius 1 is 1.05 bits per heavy atom. The number of nitrogens with one attached hydrogen (secondary N) is 2. The van der Waals surface area contributed by atoms with Gasteiger partial charge >= 0.3 is 0 Å². The molecular formula is C30H25F2N3O3. The average molecular weight is 514 g/mol. The summed E-state index contributed by atoms with van der Waals surface area (Å²) in [4.78, 5) is 21.0. The zero-order chi connectivity index (χ0) is 26.6. The summed E-state index contributed by atoms with van der Waals surface area (Å²) in [5, 5.41) is 13.7. The van der Waals surface area contributed by atoms with Gasteiger partial charge in [0.2, 0.25) is 5.91 Å². The number of aromatic hydroxyl groups is 1. The molecule has 1 unspecified atom stereocenters. The van der Waals surface area contributed by atoms with Crippen molar-refractivity contribution >= 4 is 16.8 Å². The van der Waals surface area contributed by atoms with Crippen molar-refractivity contribution in [2.75, 3.05) is 7.11 Å². The summed E-state index contributed by atoms with van der Waals surface area (Å²) >= 11 is 0. The van der Waals surface area contributed by atoms with Gasteiger partial charge in [0, 0.05) is 34.9 Å². The van der Waals surface area contributed by atoms with Gasteiger partial charge in [-0.1, -0.05) is 18.2 Å². The molecule has 3 N–H and O–H groups in total. The zero-order valence-corrected chi connectivity index (χ0v) is 20.5. The van der Waals surface area contributed by atoms with Crippen LogP contribution in [-0.4, -0.2) is 28.1 Å². The third kappa shape index (κ3) is 5.49. The van der Waals surface area contributed by atoms with E-state index in [0.29, 0.717) is 22.6 Å². The number of nitrogens with zero attached hydrogens (tertiary/aromatic N) is 1. The fourth-order valence-corrected chi connectivity index (χ4v) is 4.62. The van der Waals surface area contributed by atoms with Gasteiger partial charge in [-0.15, -0.1) is 0 Å². The van der Waals surface area contributed by atoms with Crippen LogP contribution in [0, 0.1) is 11.6 Å². The van der Waals surface area contributed by atoms with Crippen LogP contribution in [0.2, 0.25) is 0 Å². The van der Waals surface area contributed by atoms with E-state index < -0.39 is 17.7 Å². The third-order valence-electron chi connectivity index (χ3n) is 6.37. The number of hydrogen-bond donors (Lipinski definition) is 3. The number of rotatable bonds is 8. The minimum Gasteiger partial charge on any atom is -0.508 e. The van der Waals surface area contributed by atoms with Crippen LogP contribution in [0.15, 0.2) is 85.2 Å². The molecule has 5 rings (SSSR count).